The van der Waals surface area contributed by atoms with E-state index < -0.39 is 0 Å². The van der Waals surface area contributed by atoms with Crippen molar-refractivity contribution in [2.75, 3.05) is 39.4 Å². The van der Waals surface area contributed by atoms with E-state index in [2.05, 4.69) is 16.7 Å². The molecule has 4 aliphatic heterocycles. The zero-order valence-electron chi connectivity index (χ0n) is 15.7. The highest BCUT2D eigenvalue weighted by atomic mass is 16.5. The number of carbonyl (C=O) groups is 1. The predicted molar refractivity (Wildman–Crippen MR) is 96.4 cm³/mol. The van der Waals surface area contributed by atoms with E-state index in [0.717, 1.165) is 76.8 Å². The molecule has 25 heavy (non-hydrogen) atoms. The summed E-state index contributed by atoms with van der Waals surface area (Å²) >= 11 is 0. The predicted octanol–water partition coefficient (Wildman–Crippen LogP) is 2.29. The van der Waals surface area contributed by atoms with Crippen molar-refractivity contribution in [1.29, 1.82) is 0 Å². The number of rotatable bonds is 3. The van der Waals surface area contributed by atoms with Crippen LogP contribution in [0.25, 0.3) is 0 Å². The van der Waals surface area contributed by atoms with Gasteiger partial charge in [-0.1, -0.05) is 6.92 Å². The van der Waals surface area contributed by atoms with Gasteiger partial charge in [-0.3, -0.25) is 9.69 Å². The van der Waals surface area contributed by atoms with Crippen LogP contribution < -0.4 is 0 Å². The Balaban J connectivity index is 1.28. The minimum absolute atomic E-state index is 0.183. The van der Waals surface area contributed by atoms with Crippen molar-refractivity contribution in [2.24, 2.45) is 11.8 Å². The number of piperidine rings is 1. The summed E-state index contributed by atoms with van der Waals surface area (Å²) in [5, 5.41) is 0. The summed E-state index contributed by atoms with van der Waals surface area (Å²) in [6, 6.07) is 0.535. The van der Waals surface area contributed by atoms with E-state index in [4.69, 9.17) is 9.47 Å². The lowest BCUT2D eigenvalue weighted by atomic mass is 9.95. The Kier molecular flexibility index (Phi) is 5.63. The Morgan fingerprint density at radius 3 is 2.48 bits per heavy atom. The lowest BCUT2D eigenvalue weighted by Crippen LogP contribution is -2.51. The topological polar surface area (TPSA) is 42.0 Å². The van der Waals surface area contributed by atoms with Gasteiger partial charge in [-0.05, 0) is 56.8 Å². The first-order valence-corrected chi connectivity index (χ1v) is 10.5. The molecule has 0 spiro atoms. The van der Waals surface area contributed by atoms with E-state index in [1.54, 1.807) is 0 Å². The number of ether oxygens (including phenoxy) is 2. The van der Waals surface area contributed by atoms with Gasteiger partial charge in [-0.15, -0.1) is 0 Å². The molecule has 0 aromatic carbocycles. The van der Waals surface area contributed by atoms with Crippen LogP contribution in [0.4, 0.5) is 0 Å². The fraction of sp³-hybridized carbons (Fsp3) is 0.950. The number of amides is 1. The van der Waals surface area contributed by atoms with Gasteiger partial charge in [-0.2, -0.15) is 0 Å². The van der Waals surface area contributed by atoms with Crippen LogP contribution >= 0.6 is 0 Å². The molecule has 0 aromatic heterocycles. The molecule has 0 unspecified atom stereocenters. The van der Waals surface area contributed by atoms with Crippen LogP contribution in [0, 0.1) is 11.8 Å². The average molecular weight is 351 g/mol. The van der Waals surface area contributed by atoms with Crippen LogP contribution in [0.5, 0.6) is 0 Å². The van der Waals surface area contributed by atoms with Crippen LogP contribution in [0.2, 0.25) is 0 Å². The van der Waals surface area contributed by atoms with Crippen molar-refractivity contribution in [3.8, 4) is 0 Å². The van der Waals surface area contributed by atoms with Gasteiger partial charge in [0.1, 0.15) is 6.10 Å². The molecule has 5 nitrogen and oxygen atoms in total. The lowest BCUT2D eigenvalue weighted by Gasteiger charge is -2.39. The molecule has 0 aliphatic carbocycles. The highest BCUT2D eigenvalue weighted by Crippen LogP contribution is 2.34. The number of likely N-dealkylation sites (tertiary alicyclic amines) is 2. The molecule has 4 saturated heterocycles. The van der Waals surface area contributed by atoms with E-state index in [9.17, 15) is 4.79 Å². The molecule has 0 radical (unpaired) electrons. The summed E-state index contributed by atoms with van der Waals surface area (Å²) in [5.41, 5.74) is 0. The third-order valence-corrected chi connectivity index (χ3v) is 6.87. The number of nitrogens with zero attached hydrogens (tertiary/aromatic N) is 2. The summed E-state index contributed by atoms with van der Waals surface area (Å²) < 4.78 is 11.8. The van der Waals surface area contributed by atoms with Gasteiger partial charge in [0.05, 0.1) is 6.10 Å². The second-order valence-corrected chi connectivity index (χ2v) is 8.66. The molecule has 4 heterocycles. The number of carbonyl (C=O) groups excluding carboxylic acids is 1. The van der Waals surface area contributed by atoms with Gasteiger partial charge >= 0.3 is 0 Å². The van der Waals surface area contributed by atoms with Gasteiger partial charge in [0, 0.05) is 45.4 Å². The molecule has 142 valence electrons. The normalized spacial score (nSPS) is 35.7. The zero-order valence-corrected chi connectivity index (χ0v) is 15.7. The van der Waals surface area contributed by atoms with Gasteiger partial charge < -0.3 is 14.4 Å². The Hall–Kier alpha value is -0.650. The van der Waals surface area contributed by atoms with Gasteiger partial charge in [0.2, 0.25) is 0 Å². The molecule has 0 N–H and O–H groups in total. The molecule has 0 saturated carbocycles. The van der Waals surface area contributed by atoms with Gasteiger partial charge in [-0.25, -0.2) is 0 Å². The maximum atomic E-state index is 12.8. The maximum Gasteiger partial charge on any atom is 0.251 e. The van der Waals surface area contributed by atoms with E-state index in [1.807, 2.05) is 0 Å². The zero-order chi connectivity index (χ0) is 17.2. The molecule has 4 aliphatic rings. The van der Waals surface area contributed by atoms with Crippen molar-refractivity contribution in [2.45, 2.75) is 70.1 Å². The van der Waals surface area contributed by atoms with Crippen molar-refractivity contribution in [1.82, 2.24) is 9.80 Å². The second kappa shape index (κ2) is 7.93. The summed E-state index contributed by atoms with van der Waals surface area (Å²) in [6.45, 7) is 8.30. The largest absolute Gasteiger partial charge is 0.381 e. The number of hydrogen-bond donors (Lipinski definition) is 0. The van der Waals surface area contributed by atoms with E-state index in [1.165, 1.54) is 19.4 Å². The van der Waals surface area contributed by atoms with Crippen molar-refractivity contribution in [3.05, 3.63) is 0 Å². The summed E-state index contributed by atoms with van der Waals surface area (Å²) in [6.07, 6.45) is 7.88. The first kappa shape index (κ1) is 17.7. The van der Waals surface area contributed by atoms with Crippen LogP contribution in [0.1, 0.15) is 51.9 Å². The monoisotopic (exact) mass is 350 g/mol. The van der Waals surface area contributed by atoms with Crippen LogP contribution in [-0.4, -0.2) is 73.3 Å². The SMILES string of the molecule is CC1CCN(C(=O)[C@H]2CC[C@@H]3[C@@H](CCN3CC3CCOCC3)O2)CC1. The lowest BCUT2D eigenvalue weighted by molar-refractivity contribution is -0.156. The minimum Gasteiger partial charge on any atom is -0.381 e. The highest BCUT2D eigenvalue weighted by Gasteiger charge is 2.43. The molecular weight excluding hydrogens is 316 g/mol. The first-order chi connectivity index (χ1) is 12.2. The Labute approximate surface area is 152 Å². The van der Waals surface area contributed by atoms with Gasteiger partial charge in [0.15, 0.2) is 0 Å². The van der Waals surface area contributed by atoms with Gasteiger partial charge in [0.25, 0.3) is 5.91 Å². The van der Waals surface area contributed by atoms with E-state index in [-0.39, 0.29) is 18.1 Å². The fourth-order valence-electron chi connectivity index (χ4n) is 5.12. The van der Waals surface area contributed by atoms with E-state index in [0.29, 0.717) is 6.04 Å². The summed E-state index contributed by atoms with van der Waals surface area (Å²) in [4.78, 5) is 17.5. The molecule has 3 atom stereocenters. The molecule has 1 amide bonds. The summed E-state index contributed by atoms with van der Waals surface area (Å²) in [5.74, 6) is 1.80. The number of hydrogen-bond acceptors (Lipinski definition) is 4. The quantitative estimate of drug-likeness (QED) is 0.783. The maximum absolute atomic E-state index is 12.8. The fourth-order valence-corrected chi connectivity index (χ4v) is 5.12. The number of fused-ring (bicyclic) bond motifs is 1. The van der Waals surface area contributed by atoms with Crippen molar-refractivity contribution >= 4 is 5.91 Å². The van der Waals surface area contributed by atoms with Crippen LogP contribution in [-0.2, 0) is 14.3 Å². The highest BCUT2D eigenvalue weighted by molar-refractivity contribution is 5.81. The smallest absolute Gasteiger partial charge is 0.251 e. The minimum atomic E-state index is -0.183. The van der Waals surface area contributed by atoms with E-state index >= 15 is 0 Å². The van der Waals surface area contributed by atoms with Crippen molar-refractivity contribution < 1.29 is 14.3 Å². The third-order valence-electron chi connectivity index (χ3n) is 6.87. The molecule has 0 bridgehead atoms. The Bertz CT molecular complexity index is 458. The molecule has 4 fully saturated rings. The molecular formula is C20H34N2O3. The molecule has 4 rings (SSSR count). The molecule has 0 aromatic rings. The second-order valence-electron chi connectivity index (χ2n) is 8.66. The molecule has 5 heteroatoms. The van der Waals surface area contributed by atoms with Crippen LogP contribution in [0.3, 0.4) is 0 Å². The van der Waals surface area contributed by atoms with Crippen LogP contribution in [0.15, 0.2) is 0 Å². The first-order valence-electron chi connectivity index (χ1n) is 10.5. The van der Waals surface area contributed by atoms with Crippen molar-refractivity contribution in [3.63, 3.8) is 0 Å². The standard InChI is InChI=1S/C20H34N2O3/c1-15-4-9-21(10-5-15)20(23)19-3-2-17-18(25-19)6-11-22(17)14-16-7-12-24-13-8-16/h15-19H,2-14H2,1H3/t17-,18-,19-/m1/s1. The Morgan fingerprint density at radius 2 is 1.72 bits per heavy atom. The Morgan fingerprint density at radius 1 is 0.960 bits per heavy atom. The summed E-state index contributed by atoms with van der Waals surface area (Å²) in [7, 11) is 0. The third kappa shape index (κ3) is 4.04. The average Bonchev–Trinajstić information content (AvgIpc) is 3.05.